The number of halogens is 2. The van der Waals surface area contributed by atoms with E-state index < -0.39 is 11.9 Å². The van der Waals surface area contributed by atoms with Gasteiger partial charge in [0.15, 0.2) is 0 Å². The van der Waals surface area contributed by atoms with Crippen LogP contribution < -0.4 is 10.6 Å². The van der Waals surface area contributed by atoms with Gasteiger partial charge < -0.3 is 10.6 Å². The minimum absolute atomic E-state index is 0.0771. The molecule has 1 atom stereocenters. The zero-order chi connectivity index (χ0) is 18.2. The third-order valence-electron chi connectivity index (χ3n) is 3.46. The molecule has 7 heteroatoms. The van der Waals surface area contributed by atoms with Crippen LogP contribution in [0.1, 0.15) is 16.8 Å². The molecule has 0 saturated carbocycles. The summed E-state index contributed by atoms with van der Waals surface area (Å²) >= 11 is 7.30. The molecular weight excluding hydrogens is 363 g/mol. The van der Waals surface area contributed by atoms with Gasteiger partial charge in [0.2, 0.25) is 5.91 Å². The Bertz CT molecular complexity index is 743. The molecule has 2 aromatic rings. The number of anilines is 1. The normalized spacial score (nSPS) is 11.6. The highest BCUT2D eigenvalue weighted by atomic mass is 35.5. The lowest BCUT2D eigenvalue weighted by Crippen LogP contribution is -2.44. The summed E-state index contributed by atoms with van der Waals surface area (Å²) in [5, 5.41) is 5.33. The lowest BCUT2D eigenvalue weighted by molar-refractivity contribution is -0.118. The summed E-state index contributed by atoms with van der Waals surface area (Å²) in [5.41, 5.74) is 0.855. The van der Waals surface area contributed by atoms with Crippen molar-refractivity contribution in [2.75, 3.05) is 17.3 Å². The quantitative estimate of drug-likeness (QED) is 0.764. The van der Waals surface area contributed by atoms with E-state index in [0.717, 1.165) is 0 Å². The molecule has 0 heterocycles. The molecule has 0 aliphatic carbocycles. The Hall–Kier alpha value is -2.05. The molecule has 0 aliphatic heterocycles. The predicted octanol–water partition coefficient (Wildman–Crippen LogP) is 3.97. The third kappa shape index (κ3) is 5.76. The standard InChI is InChI=1S/C18H18ClFN2O2S/c1-25-10-9-16(22-17(23)12-5-3-2-4-6-12)18(24)21-13-7-8-15(20)14(19)11-13/h2-8,11,16H,9-10H2,1H3,(H,21,24)(H,22,23). The number of rotatable bonds is 7. The van der Waals surface area contributed by atoms with Crippen LogP contribution in [-0.4, -0.2) is 29.9 Å². The van der Waals surface area contributed by atoms with E-state index in [9.17, 15) is 14.0 Å². The van der Waals surface area contributed by atoms with Gasteiger partial charge in [0.25, 0.3) is 5.91 Å². The van der Waals surface area contributed by atoms with Crippen molar-refractivity contribution in [3.8, 4) is 0 Å². The second kappa shape index (κ2) is 9.44. The fourth-order valence-corrected chi connectivity index (χ4v) is 2.79. The molecule has 0 spiro atoms. The Morgan fingerprint density at radius 1 is 1.20 bits per heavy atom. The number of hydrogen-bond acceptors (Lipinski definition) is 3. The highest BCUT2D eigenvalue weighted by Crippen LogP contribution is 2.19. The number of carbonyl (C=O) groups excluding carboxylic acids is 2. The van der Waals surface area contributed by atoms with Crippen LogP contribution >= 0.6 is 23.4 Å². The second-order valence-electron chi connectivity index (χ2n) is 5.29. The molecule has 0 bridgehead atoms. The number of benzene rings is 2. The van der Waals surface area contributed by atoms with Crippen LogP contribution in [0.5, 0.6) is 0 Å². The van der Waals surface area contributed by atoms with E-state index in [0.29, 0.717) is 23.4 Å². The average molecular weight is 381 g/mol. The SMILES string of the molecule is CSCCC(NC(=O)c1ccccc1)C(=O)Nc1ccc(F)c(Cl)c1. The number of carbonyl (C=O) groups is 2. The number of thioether (sulfide) groups is 1. The summed E-state index contributed by atoms with van der Waals surface area (Å²) in [4.78, 5) is 24.8. The topological polar surface area (TPSA) is 58.2 Å². The molecule has 4 nitrogen and oxygen atoms in total. The van der Waals surface area contributed by atoms with Gasteiger partial charge in [0.05, 0.1) is 5.02 Å². The molecule has 0 radical (unpaired) electrons. The van der Waals surface area contributed by atoms with Crippen molar-refractivity contribution < 1.29 is 14.0 Å². The van der Waals surface area contributed by atoms with E-state index in [1.807, 2.05) is 12.3 Å². The van der Waals surface area contributed by atoms with E-state index in [-0.39, 0.29) is 16.8 Å². The lowest BCUT2D eigenvalue weighted by Gasteiger charge is -2.18. The van der Waals surface area contributed by atoms with Gasteiger partial charge in [-0.15, -0.1) is 0 Å². The molecule has 2 amide bonds. The van der Waals surface area contributed by atoms with Crippen molar-refractivity contribution in [2.45, 2.75) is 12.5 Å². The Balaban J connectivity index is 2.08. The minimum Gasteiger partial charge on any atom is -0.340 e. The molecule has 1 unspecified atom stereocenters. The van der Waals surface area contributed by atoms with Gasteiger partial charge in [-0.2, -0.15) is 11.8 Å². The first kappa shape index (κ1) is 19.3. The maximum absolute atomic E-state index is 13.2. The van der Waals surface area contributed by atoms with Crippen LogP contribution in [-0.2, 0) is 4.79 Å². The van der Waals surface area contributed by atoms with Gasteiger partial charge in [0, 0.05) is 11.3 Å². The predicted molar refractivity (Wildman–Crippen MR) is 101 cm³/mol. The smallest absolute Gasteiger partial charge is 0.251 e. The monoisotopic (exact) mass is 380 g/mol. The summed E-state index contributed by atoms with van der Waals surface area (Å²) in [7, 11) is 0. The first-order chi connectivity index (χ1) is 12.0. The van der Waals surface area contributed by atoms with Crippen molar-refractivity contribution in [3.63, 3.8) is 0 Å². The molecule has 132 valence electrons. The molecule has 0 aliphatic rings. The van der Waals surface area contributed by atoms with E-state index in [2.05, 4.69) is 10.6 Å². The van der Waals surface area contributed by atoms with Crippen molar-refractivity contribution >= 4 is 40.9 Å². The summed E-state index contributed by atoms with van der Waals surface area (Å²) < 4.78 is 13.2. The molecule has 2 rings (SSSR count). The van der Waals surface area contributed by atoms with Gasteiger partial charge in [-0.3, -0.25) is 9.59 Å². The highest BCUT2D eigenvalue weighted by Gasteiger charge is 2.21. The fraction of sp³-hybridized carbons (Fsp3) is 0.222. The third-order valence-corrected chi connectivity index (χ3v) is 4.39. The van der Waals surface area contributed by atoms with Crippen LogP contribution in [0, 0.1) is 5.82 Å². The van der Waals surface area contributed by atoms with Crippen LogP contribution in [0.25, 0.3) is 0 Å². The van der Waals surface area contributed by atoms with Crippen molar-refractivity contribution in [2.24, 2.45) is 0 Å². The van der Waals surface area contributed by atoms with Crippen LogP contribution in [0.4, 0.5) is 10.1 Å². The average Bonchev–Trinajstić information content (AvgIpc) is 2.62. The number of nitrogens with one attached hydrogen (secondary N) is 2. The van der Waals surface area contributed by atoms with Crippen LogP contribution in [0.3, 0.4) is 0 Å². The lowest BCUT2D eigenvalue weighted by atomic mass is 10.1. The summed E-state index contributed by atoms with van der Waals surface area (Å²) in [6.45, 7) is 0. The molecule has 0 aromatic heterocycles. The zero-order valence-corrected chi connectivity index (χ0v) is 15.2. The van der Waals surface area contributed by atoms with Gasteiger partial charge >= 0.3 is 0 Å². The maximum Gasteiger partial charge on any atom is 0.251 e. The zero-order valence-electron chi connectivity index (χ0n) is 13.6. The Morgan fingerprint density at radius 2 is 1.92 bits per heavy atom. The van der Waals surface area contributed by atoms with Crippen molar-refractivity contribution in [3.05, 3.63) is 64.9 Å². The molecule has 0 saturated heterocycles. The fourth-order valence-electron chi connectivity index (χ4n) is 2.14. The molecular formula is C18H18ClFN2O2S. The highest BCUT2D eigenvalue weighted by molar-refractivity contribution is 7.98. The Labute approximate surface area is 155 Å². The van der Waals surface area contributed by atoms with Gasteiger partial charge in [-0.1, -0.05) is 29.8 Å². The molecule has 2 aromatic carbocycles. The summed E-state index contributed by atoms with van der Waals surface area (Å²) in [6, 6.07) is 11.9. The van der Waals surface area contributed by atoms with E-state index >= 15 is 0 Å². The molecule has 25 heavy (non-hydrogen) atoms. The largest absolute Gasteiger partial charge is 0.340 e. The van der Waals surface area contributed by atoms with Crippen molar-refractivity contribution in [1.29, 1.82) is 0 Å². The first-order valence-corrected chi connectivity index (χ1v) is 9.39. The van der Waals surface area contributed by atoms with Gasteiger partial charge in [0.1, 0.15) is 11.9 Å². The minimum atomic E-state index is -0.705. The first-order valence-electron chi connectivity index (χ1n) is 7.62. The molecule has 2 N–H and O–H groups in total. The number of hydrogen-bond donors (Lipinski definition) is 2. The Kier molecular flexibility index (Phi) is 7.28. The van der Waals surface area contributed by atoms with Crippen molar-refractivity contribution in [1.82, 2.24) is 5.32 Å². The number of amides is 2. The van der Waals surface area contributed by atoms with Gasteiger partial charge in [-0.25, -0.2) is 4.39 Å². The van der Waals surface area contributed by atoms with Crippen LogP contribution in [0.15, 0.2) is 48.5 Å². The summed E-state index contributed by atoms with van der Waals surface area (Å²) in [5.74, 6) is -0.548. The van der Waals surface area contributed by atoms with Gasteiger partial charge in [-0.05, 0) is 48.8 Å². The molecule has 0 fully saturated rings. The second-order valence-corrected chi connectivity index (χ2v) is 6.68. The van der Waals surface area contributed by atoms with E-state index in [1.54, 1.807) is 36.0 Å². The Morgan fingerprint density at radius 3 is 2.56 bits per heavy atom. The van der Waals surface area contributed by atoms with E-state index in [4.69, 9.17) is 11.6 Å². The van der Waals surface area contributed by atoms with E-state index in [1.165, 1.54) is 18.2 Å². The van der Waals surface area contributed by atoms with Crippen LogP contribution in [0.2, 0.25) is 5.02 Å². The maximum atomic E-state index is 13.2. The summed E-state index contributed by atoms with van der Waals surface area (Å²) in [6.07, 6.45) is 2.40.